The number of β-amino-alcohol motifs (C(OH)–C–C–N with tert-alkyl or cyclic N) is 1. The van der Waals surface area contributed by atoms with Gasteiger partial charge < -0.3 is 10.4 Å². The first-order valence-electron chi connectivity index (χ1n) is 6.52. The van der Waals surface area contributed by atoms with Crippen molar-refractivity contribution < 1.29 is 18.3 Å². The SMILES string of the molecule is CC1C(=O)Nc2ccc(S(=O)(=O)N3CCC(O)C3)cc21. The van der Waals surface area contributed by atoms with Crippen LogP contribution in [0.1, 0.15) is 24.8 Å². The second-order valence-electron chi connectivity index (χ2n) is 5.27. The van der Waals surface area contributed by atoms with E-state index in [-0.39, 0.29) is 23.3 Å². The van der Waals surface area contributed by atoms with Crippen molar-refractivity contribution in [2.75, 3.05) is 18.4 Å². The average molecular weight is 296 g/mol. The van der Waals surface area contributed by atoms with E-state index in [2.05, 4.69) is 5.32 Å². The minimum absolute atomic E-state index is 0.119. The molecule has 1 fully saturated rings. The van der Waals surface area contributed by atoms with E-state index in [1.165, 1.54) is 10.4 Å². The van der Waals surface area contributed by atoms with Crippen molar-refractivity contribution in [1.82, 2.24) is 4.31 Å². The third kappa shape index (κ3) is 2.02. The third-order valence-electron chi connectivity index (χ3n) is 3.90. The maximum atomic E-state index is 12.5. The van der Waals surface area contributed by atoms with E-state index in [1.54, 1.807) is 19.1 Å². The smallest absolute Gasteiger partial charge is 0.243 e. The molecule has 0 aromatic heterocycles. The zero-order valence-corrected chi connectivity index (χ0v) is 11.9. The standard InChI is InChI=1S/C13H16N2O4S/c1-8-11-6-10(2-3-12(11)14-13(8)17)20(18,19)15-5-4-9(16)7-15/h2-3,6,8-9,16H,4-5,7H2,1H3,(H,14,17). The van der Waals surface area contributed by atoms with Gasteiger partial charge in [0, 0.05) is 18.8 Å². The Morgan fingerprint density at radius 3 is 2.80 bits per heavy atom. The molecule has 2 unspecified atom stereocenters. The maximum absolute atomic E-state index is 12.5. The zero-order chi connectivity index (χ0) is 14.5. The number of anilines is 1. The molecule has 2 N–H and O–H groups in total. The number of hydrogen-bond acceptors (Lipinski definition) is 4. The van der Waals surface area contributed by atoms with E-state index in [0.29, 0.717) is 24.2 Å². The number of nitrogens with one attached hydrogen (secondary N) is 1. The van der Waals surface area contributed by atoms with Crippen LogP contribution < -0.4 is 5.32 Å². The number of amides is 1. The van der Waals surface area contributed by atoms with Crippen LogP contribution in [0.25, 0.3) is 0 Å². The monoisotopic (exact) mass is 296 g/mol. The predicted molar refractivity (Wildman–Crippen MR) is 72.9 cm³/mol. The normalized spacial score (nSPS) is 26.6. The summed E-state index contributed by atoms with van der Waals surface area (Å²) in [5, 5.41) is 12.2. The van der Waals surface area contributed by atoms with Crippen molar-refractivity contribution in [1.29, 1.82) is 0 Å². The van der Waals surface area contributed by atoms with Crippen molar-refractivity contribution >= 4 is 21.6 Å². The largest absolute Gasteiger partial charge is 0.392 e. The summed E-state index contributed by atoms with van der Waals surface area (Å²) in [6.07, 6.45) is -0.137. The zero-order valence-electron chi connectivity index (χ0n) is 11.0. The Bertz CT molecular complexity index is 671. The predicted octanol–water partition coefficient (Wildman–Crippen LogP) is 0.497. The van der Waals surface area contributed by atoms with E-state index in [4.69, 9.17) is 0 Å². The number of nitrogens with zero attached hydrogens (tertiary/aromatic N) is 1. The van der Waals surface area contributed by atoms with Gasteiger partial charge in [-0.1, -0.05) is 0 Å². The summed E-state index contributed by atoms with van der Waals surface area (Å²) in [7, 11) is -3.60. The molecule has 0 aliphatic carbocycles. The van der Waals surface area contributed by atoms with Crippen LogP contribution in [0, 0.1) is 0 Å². The molecule has 108 valence electrons. The number of rotatable bonds is 2. The lowest BCUT2D eigenvalue weighted by atomic mass is 10.0. The molecule has 0 radical (unpaired) electrons. The highest BCUT2D eigenvalue weighted by Crippen LogP contribution is 2.34. The van der Waals surface area contributed by atoms with Crippen molar-refractivity contribution in [3.05, 3.63) is 23.8 Å². The molecule has 1 saturated heterocycles. The quantitative estimate of drug-likeness (QED) is 0.832. The molecule has 1 aromatic carbocycles. The van der Waals surface area contributed by atoms with E-state index in [9.17, 15) is 18.3 Å². The van der Waals surface area contributed by atoms with Gasteiger partial charge in [0.1, 0.15) is 0 Å². The van der Waals surface area contributed by atoms with Gasteiger partial charge in [0.05, 0.1) is 16.9 Å². The first-order valence-corrected chi connectivity index (χ1v) is 7.96. The number of carbonyl (C=O) groups excluding carboxylic acids is 1. The summed E-state index contributed by atoms with van der Waals surface area (Å²) in [5.41, 5.74) is 1.37. The number of carbonyl (C=O) groups is 1. The highest BCUT2D eigenvalue weighted by atomic mass is 32.2. The number of aliphatic hydroxyl groups is 1. The first-order chi connectivity index (χ1) is 9.39. The summed E-state index contributed by atoms with van der Waals surface area (Å²) in [4.78, 5) is 11.8. The van der Waals surface area contributed by atoms with Crippen molar-refractivity contribution in [2.24, 2.45) is 0 Å². The van der Waals surface area contributed by atoms with Crippen molar-refractivity contribution in [3.63, 3.8) is 0 Å². The molecule has 20 heavy (non-hydrogen) atoms. The number of hydrogen-bond donors (Lipinski definition) is 2. The summed E-state index contributed by atoms with van der Waals surface area (Å²) in [5.74, 6) is -0.463. The molecule has 0 spiro atoms. The average Bonchev–Trinajstić information content (AvgIpc) is 2.95. The van der Waals surface area contributed by atoms with Crippen LogP contribution in [0.15, 0.2) is 23.1 Å². The highest BCUT2D eigenvalue weighted by molar-refractivity contribution is 7.89. The topological polar surface area (TPSA) is 86.7 Å². The Morgan fingerprint density at radius 2 is 2.15 bits per heavy atom. The molecule has 2 heterocycles. The minimum Gasteiger partial charge on any atom is -0.392 e. The third-order valence-corrected chi connectivity index (χ3v) is 5.77. The molecule has 0 saturated carbocycles. The second kappa shape index (κ2) is 4.54. The summed E-state index contributed by atoms with van der Waals surface area (Å²) in [6.45, 7) is 2.21. The molecule has 6 nitrogen and oxygen atoms in total. The van der Waals surface area contributed by atoms with Gasteiger partial charge in [-0.15, -0.1) is 0 Å². The van der Waals surface area contributed by atoms with Crippen LogP contribution in [0.4, 0.5) is 5.69 Å². The Labute approximate surface area is 117 Å². The summed E-state index contributed by atoms with van der Waals surface area (Å²) in [6, 6.07) is 4.67. The lowest BCUT2D eigenvalue weighted by Crippen LogP contribution is -2.29. The van der Waals surface area contributed by atoms with Gasteiger partial charge in [-0.05, 0) is 37.1 Å². The Hall–Kier alpha value is -1.44. The van der Waals surface area contributed by atoms with Crippen LogP contribution in [0.5, 0.6) is 0 Å². The van der Waals surface area contributed by atoms with Crippen LogP contribution in [-0.2, 0) is 14.8 Å². The van der Waals surface area contributed by atoms with Crippen LogP contribution in [0.3, 0.4) is 0 Å². The fourth-order valence-corrected chi connectivity index (χ4v) is 4.16. The summed E-state index contributed by atoms with van der Waals surface area (Å²) < 4.78 is 26.2. The van der Waals surface area contributed by atoms with E-state index >= 15 is 0 Å². The minimum atomic E-state index is -3.60. The van der Waals surface area contributed by atoms with Gasteiger partial charge >= 0.3 is 0 Å². The Kier molecular flexibility index (Phi) is 3.07. The van der Waals surface area contributed by atoms with E-state index in [1.807, 2.05) is 0 Å². The molecule has 2 aliphatic rings. The molecule has 2 aliphatic heterocycles. The van der Waals surface area contributed by atoms with E-state index < -0.39 is 16.1 Å². The summed E-state index contributed by atoms with van der Waals surface area (Å²) >= 11 is 0. The van der Waals surface area contributed by atoms with Crippen molar-refractivity contribution in [3.8, 4) is 0 Å². The fraction of sp³-hybridized carbons (Fsp3) is 0.462. The Morgan fingerprint density at radius 1 is 1.40 bits per heavy atom. The van der Waals surface area contributed by atoms with Crippen LogP contribution in [0.2, 0.25) is 0 Å². The van der Waals surface area contributed by atoms with Crippen LogP contribution in [-0.4, -0.2) is 42.9 Å². The molecule has 1 amide bonds. The van der Waals surface area contributed by atoms with Gasteiger partial charge in [-0.3, -0.25) is 4.79 Å². The van der Waals surface area contributed by atoms with Gasteiger partial charge in [0.15, 0.2) is 0 Å². The van der Waals surface area contributed by atoms with Crippen LogP contribution >= 0.6 is 0 Å². The van der Waals surface area contributed by atoms with Crippen molar-refractivity contribution in [2.45, 2.75) is 30.3 Å². The lowest BCUT2D eigenvalue weighted by Gasteiger charge is -2.16. The molecular formula is C13H16N2O4S. The molecule has 2 atom stereocenters. The molecule has 1 aromatic rings. The molecule has 7 heteroatoms. The van der Waals surface area contributed by atoms with Gasteiger partial charge in [-0.25, -0.2) is 8.42 Å². The van der Waals surface area contributed by atoms with Gasteiger partial charge in [0.25, 0.3) is 0 Å². The van der Waals surface area contributed by atoms with Gasteiger partial charge in [-0.2, -0.15) is 4.31 Å². The number of fused-ring (bicyclic) bond motifs is 1. The first kappa shape index (κ1) is 13.5. The Balaban J connectivity index is 1.98. The number of benzene rings is 1. The molecule has 0 bridgehead atoms. The maximum Gasteiger partial charge on any atom is 0.243 e. The number of sulfonamides is 1. The fourth-order valence-electron chi connectivity index (χ4n) is 2.63. The molecule has 3 rings (SSSR count). The lowest BCUT2D eigenvalue weighted by molar-refractivity contribution is -0.116. The molecular weight excluding hydrogens is 280 g/mol. The number of aliphatic hydroxyl groups excluding tert-OH is 1. The van der Waals surface area contributed by atoms with Gasteiger partial charge in [0.2, 0.25) is 15.9 Å². The van der Waals surface area contributed by atoms with E-state index in [0.717, 1.165) is 0 Å². The highest BCUT2D eigenvalue weighted by Gasteiger charge is 2.34. The second-order valence-corrected chi connectivity index (χ2v) is 7.20.